The number of hydrogen-bond acceptors (Lipinski definition) is 2. The van der Waals surface area contributed by atoms with E-state index in [0.29, 0.717) is 12.3 Å². The molecule has 0 bridgehead atoms. The molecule has 3 heteroatoms. The molecule has 1 atom stereocenters. The Labute approximate surface area is 89.5 Å². The largest absolute Gasteiger partial charge is 0.496 e. The molecule has 0 aliphatic heterocycles. The van der Waals surface area contributed by atoms with Gasteiger partial charge in [0.2, 0.25) is 0 Å². The Morgan fingerprint density at radius 2 is 2.21 bits per heavy atom. The van der Waals surface area contributed by atoms with Crippen molar-refractivity contribution >= 4 is 11.6 Å². The highest BCUT2D eigenvalue weighted by atomic mass is 35.5. The van der Waals surface area contributed by atoms with Gasteiger partial charge in [-0.05, 0) is 36.6 Å². The van der Waals surface area contributed by atoms with Gasteiger partial charge in [0.15, 0.2) is 0 Å². The summed E-state index contributed by atoms with van der Waals surface area (Å²) in [5.41, 5.74) is 1.92. The minimum atomic E-state index is -0.475. The van der Waals surface area contributed by atoms with Crippen molar-refractivity contribution in [3.8, 4) is 5.75 Å². The van der Waals surface area contributed by atoms with Gasteiger partial charge in [0.05, 0.1) is 13.2 Å². The molecule has 0 spiro atoms. The quantitative estimate of drug-likeness (QED) is 0.781. The monoisotopic (exact) mass is 214 g/mol. The van der Waals surface area contributed by atoms with Crippen molar-refractivity contribution in [3.05, 3.63) is 29.3 Å². The summed E-state index contributed by atoms with van der Waals surface area (Å²) in [6, 6.07) is 5.65. The van der Waals surface area contributed by atoms with Crippen LogP contribution in [0.4, 0.5) is 0 Å². The first kappa shape index (κ1) is 11.3. The summed E-state index contributed by atoms with van der Waals surface area (Å²) in [7, 11) is 1.64. The van der Waals surface area contributed by atoms with Crippen LogP contribution >= 0.6 is 11.6 Å². The van der Waals surface area contributed by atoms with Gasteiger partial charge in [-0.3, -0.25) is 0 Å². The standard InChI is InChI=1S/C11H15ClO2/c1-8-7-9(10(13)5-6-12)3-4-11(8)14-2/h3-4,7,10,13H,5-6H2,1-2H3. The molecular formula is C11H15ClO2. The predicted octanol–water partition coefficient (Wildman–Crippen LogP) is 2.67. The molecule has 78 valence electrons. The van der Waals surface area contributed by atoms with Gasteiger partial charge in [-0.15, -0.1) is 11.6 Å². The molecule has 0 amide bonds. The zero-order valence-electron chi connectivity index (χ0n) is 8.46. The maximum atomic E-state index is 9.68. The smallest absolute Gasteiger partial charge is 0.121 e. The highest BCUT2D eigenvalue weighted by Gasteiger charge is 2.08. The molecule has 1 aromatic rings. The van der Waals surface area contributed by atoms with E-state index < -0.39 is 6.10 Å². The van der Waals surface area contributed by atoms with E-state index in [4.69, 9.17) is 16.3 Å². The van der Waals surface area contributed by atoms with Crippen molar-refractivity contribution in [2.45, 2.75) is 19.4 Å². The molecule has 1 N–H and O–H groups in total. The van der Waals surface area contributed by atoms with Crippen LogP contribution in [-0.4, -0.2) is 18.1 Å². The van der Waals surface area contributed by atoms with E-state index in [-0.39, 0.29) is 0 Å². The van der Waals surface area contributed by atoms with Crippen LogP contribution in [0.5, 0.6) is 5.75 Å². The summed E-state index contributed by atoms with van der Waals surface area (Å²) in [4.78, 5) is 0. The Hall–Kier alpha value is -0.730. The summed E-state index contributed by atoms with van der Waals surface area (Å²) in [5.74, 6) is 1.30. The Balaban J connectivity index is 2.85. The fourth-order valence-electron chi connectivity index (χ4n) is 1.38. The van der Waals surface area contributed by atoms with E-state index in [2.05, 4.69) is 0 Å². The molecule has 0 fully saturated rings. The number of halogens is 1. The van der Waals surface area contributed by atoms with E-state index in [0.717, 1.165) is 16.9 Å². The summed E-state index contributed by atoms with van der Waals surface area (Å²) in [5, 5.41) is 9.68. The molecule has 1 aromatic carbocycles. The molecule has 1 rings (SSSR count). The number of alkyl halides is 1. The second-order valence-corrected chi connectivity index (χ2v) is 3.60. The number of rotatable bonds is 4. The topological polar surface area (TPSA) is 29.5 Å². The van der Waals surface area contributed by atoms with E-state index in [9.17, 15) is 5.11 Å². The van der Waals surface area contributed by atoms with Crippen LogP contribution in [0, 0.1) is 6.92 Å². The van der Waals surface area contributed by atoms with Gasteiger partial charge in [0, 0.05) is 5.88 Å². The van der Waals surface area contributed by atoms with E-state index in [1.165, 1.54) is 0 Å². The zero-order chi connectivity index (χ0) is 10.6. The minimum absolute atomic E-state index is 0.465. The Morgan fingerprint density at radius 1 is 1.50 bits per heavy atom. The average molecular weight is 215 g/mol. The first-order valence-electron chi connectivity index (χ1n) is 4.57. The molecule has 0 heterocycles. The fraction of sp³-hybridized carbons (Fsp3) is 0.455. The van der Waals surface area contributed by atoms with Gasteiger partial charge in [-0.25, -0.2) is 0 Å². The van der Waals surface area contributed by atoms with Crippen molar-refractivity contribution in [1.29, 1.82) is 0 Å². The van der Waals surface area contributed by atoms with Crippen LogP contribution in [0.2, 0.25) is 0 Å². The zero-order valence-corrected chi connectivity index (χ0v) is 9.21. The van der Waals surface area contributed by atoms with Gasteiger partial charge in [0.1, 0.15) is 5.75 Å². The van der Waals surface area contributed by atoms with Gasteiger partial charge >= 0.3 is 0 Å². The van der Waals surface area contributed by atoms with Crippen molar-refractivity contribution in [3.63, 3.8) is 0 Å². The van der Waals surface area contributed by atoms with Crippen LogP contribution in [0.15, 0.2) is 18.2 Å². The van der Waals surface area contributed by atoms with Gasteiger partial charge in [-0.1, -0.05) is 6.07 Å². The lowest BCUT2D eigenvalue weighted by atomic mass is 10.0. The molecule has 0 saturated carbocycles. The van der Waals surface area contributed by atoms with E-state index in [1.54, 1.807) is 7.11 Å². The van der Waals surface area contributed by atoms with Gasteiger partial charge < -0.3 is 9.84 Å². The first-order valence-corrected chi connectivity index (χ1v) is 5.11. The molecule has 1 unspecified atom stereocenters. The lowest BCUT2D eigenvalue weighted by molar-refractivity contribution is 0.174. The van der Waals surface area contributed by atoms with Crippen LogP contribution in [0.3, 0.4) is 0 Å². The molecule has 2 nitrogen and oxygen atoms in total. The molecule has 0 saturated heterocycles. The summed E-state index contributed by atoms with van der Waals surface area (Å²) in [6.45, 7) is 1.95. The first-order chi connectivity index (χ1) is 6.69. The highest BCUT2D eigenvalue weighted by molar-refractivity contribution is 6.17. The Bertz CT molecular complexity index is 299. The van der Waals surface area contributed by atoms with Crippen LogP contribution in [-0.2, 0) is 0 Å². The Kier molecular flexibility index (Phi) is 4.23. The number of methoxy groups -OCH3 is 1. The predicted molar refractivity (Wildman–Crippen MR) is 58.0 cm³/mol. The molecule has 0 aliphatic rings. The second-order valence-electron chi connectivity index (χ2n) is 3.22. The molecule has 0 aromatic heterocycles. The highest BCUT2D eigenvalue weighted by Crippen LogP contribution is 2.24. The maximum absolute atomic E-state index is 9.68. The normalized spacial score (nSPS) is 12.6. The third-order valence-corrected chi connectivity index (χ3v) is 2.40. The number of benzene rings is 1. The minimum Gasteiger partial charge on any atom is -0.496 e. The van der Waals surface area contributed by atoms with E-state index in [1.807, 2.05) is 25.1 Å². The summed E-state index contributed by atoms with van der Waals surface area (Å²) in [6.07, 6.45) is 0.102. The molecular weight excluding hydrogens is 200 g/mol. The maximum Gasteiger partial charge on any atom is 0.121 e. The molecule has 0 aliphatic carbocycles. The Morgan fingerprint density at radius 3 is 2.71 bits per heavy atom. The third-order valence-electron chi connectivity index (χ3n) is 2.19. The lowest BCUT2D eigenvalue weighted by Crippen LogP contribution is -1.99. The van der Waals surface area contributed by atoms with Crippen molar-refractivity contribution in [2.75, 3.05) is 13.0 Å². The number of aliphatic hydroxyl groups excluding tert-OH is 1. The molecule has 0 radical (unpaired) electrons. The van der Waals surface area contributed by atoms with Crippen molar-refractivity contribution in [2.24, 2.45) is 0 Å². The summed E-state index contributed by atoms with van der Waals surface area (Å²) >= 11 is 5.56. The van der Waals surface area contributed by atoms with Crippen LogP contribution in [0.1, 0.15) is 23.7 Å². The van der Waals surface area contributed by atoms with Crippen LogP contribution < -0.4 is 4.74 Å². The van der Waals surface area contributed by atoms with Gasteiger partial charge in [0.25, 0.3) is 0 Å². The second kappa shape index (κ2) is 5.23. The van der Waals surface area contributed by atoms with Crippen molar-refractivity contribution < 1.29 is 9.84 Å². The summed E-state index contributed by atoms with van der Waals surface area (Å²) < 4.78 is 5.13. The average Bonchev–Trinajstić information content (AvgIpc) is 2.18. The SMILES string of the molecule is COc1ccc(C(O)CCCl)cc1C. The fourth-order valence-corrected chi connectivity index (χ4v) is 1.59. The number of aliphatic hydroxyl groups is 1. The lowest BCUT2D eigenvalue weighted by Gasteiger charge is -2.11. The number of ether oxygens (including phenoxy) is 1. The molecule has 14 heavy (non-hydrogen) atoms. The van der Waals surface area contributed by atoms with E-state index >= 15 is 0 Å². The number of hydrogen-bond donors (Lipinski definition) is 1. The van der Waals surface area contributed by atoms with Crippen molar-refractivity contribution in [1.82, 2.24) is 0 Å². The van der Waals surface area contributed by atoms with Crippen LogP contribution in [0.25, 0.3) is 0 Å². The van der Waals surface area contributed by atoms with Gasteiger partial charge in [-0.2, -0.15) is 0 Å². The third kappa shape index (κ3) is 2.63. The number of aryl methyl sites for hydroxylation is 1.